The molecule has 19 heavy (non-hydrogen) atoms. The summed E-state index contributed by atoms with van der Waals surface area (Å²) in [4.78, 5) is 0. The Morgan fingerprint density at radius 3 is 2.84 bits per heavy atom. The Labute approximate surface area is 113 Å². The van der Waals surface area contributed by atoms with Crippen molar-refractivity contribution in [2.75, 3.05) is 0 Å². The maximum absolute atomic E-state index is 13.4. The van der Waals surface area contributed by atoms with E-state index in [0.29, 0.717) is 12.4 Å². The molecule has 0 N–H and O–H groups in total. The summed E-state index contributed by atoms with van der Waals surface area (Å²) in [7, 11) is 1.99. The van der Waals surface area contributed by atoms with Crippen molar-refractivity contribution in [3.05, 3.63) is 70.9 Å². The van der Waals surface area contributed by atoms with Crippen molar-refractivity contribution in [3.63, 3.8) is 0 Å². The van der Waals surface area contributed by atoms with Gasteiger partial charge in [0, 0.05) is 11.6 Å². The van der Waals surface area contributed by atoms with Gasteiger partial charge in [-0.25, -0.2) is 4.39 Å². The van der Waals surface area contributed by atoms with E-state index in [0.717, 1.165) is 22.3 Å². The Morgan fingerprint density at radius 2 is 2.00 bits per heavy atom. The van der Waals surface area contributed by atoms with Crippen LogP contribution in [0.15, 0.2) is 48.4 Å². The van der Waals surface area contributed by atoms with Crippen LogP contribution in [-0.2, 0) is 6.61 Å². The van der Waals surface area contributed by atoms with E-state index < -0.39 is 0 Å². The number of hydrogen-bond acceptors (Lipinski definition) is 1. The van der Waals surface area contributed by atoms with Gasteiger partial charge >= 0.3 is 0 Å². The number of benzene rings is 2. The third-order valence-electron chi connectivity index (χ3n) is 3.26. The lowest BCUT2D eigenvalue weighted by Gasteiger charge is -2.10. The SMILES string of the molecule is C[B]/C=C1\c2ccccc2COc2cc(F)ccc21. The van der Waals surface area contributed by atoms with Crippen molar-refractivity contribution in [1.29, 1.82) is 0 Å². The van der Waals surface area contributed by atoms with E-state index in [9.17, 15) is 4.39 Å². The number of fused-ring (bicyclic) bond motifs is 2. The molecule has 1 heterocycles. The second-order valence-corrected chi connectivity index (χ2v) is 4.50. The summed E-state index contributed by atoms with van der Waals surface area (Å²) in [5, 5.41) is 0. The summed E-state index contributed by atoms with van der Waals surface area (Å²) in [6.45, 7) is 2.44. The van der Waals surface area contributed by atoms with Crippen molar-refractivity contribution in [2.45, 2.75) is 13.4 Å². The minimum absolute atomic E-state index is 0.274. The lowest BCUT2D eigenvalue weighted by molar-refractivity contribution is 0.305. The van der Waals surface area contributed by atoms with Gasteiger partial charge in [-0.05, 0) is 28.8 Å². The van der Waals surface area contributed by atoms with E-state index >= 15 is 0 Å². The molecule has 0 aromatic heterocycles. The summed E-state index contributed by atoms with van der Waals surface area (Å²) < 4.78 is 19.1. The predicted octanol–water partition coefficient (Wildman–Crippen LogP) is 3.86. The number of halogens is 1. The molecule has 0 saturated carbocycles. The van der Waals surface area contributed by atoms with Gasteiger partial charge in [-0.1, -0.05) is 31.1 Å². The third kappa shape index (κ3) is 2.16. The second-order valence-electron chi connectivity index (χ2n) is 4.50. The largest absolute Gasteiger partial charge is 0.488 e. The van der Waals surface area contributed by atoms with Gasteiger partial charge in [0.05, 0.1) is 0 Å². The van der Waals surface area contributed by atoms with Crippen molar-refractivity contribution in [1.82, 2.24) is 0 Å². The molecule has 1 aliphatic rings. The molecule has 0 bridgehead atoms. The van der Waals surface area contributed by atoms with Crippen LogP contribution in [0, 0.1) is 5.82 Å². The minimum atomic E-state index is -0.274. The molecular formula is C16H13BFO. The molecule has 3 rings (SSSR count). The first-order valence-corrected chi connectivity index (χ1v) is 6.30. The van der Waals surface area contributed by atoms with Crippen molar-refractivity contribution in [3.8, 4) is 5.75 Å². The number of ether oxygens (including phenoxy) is 1. The first-order valence-electron chi connectivity index (χ1n) is 6.30. The highest BCUT2D eigenvalue weighted by molar-refractivity contribution is 6.42. The average molecular weight is 251 g/mol. The standard InChI is InChI=1S/C16H13BFO/c1-17-9-15-13-5-3-2-4-11(13)10-19-16-8-12(18)6-7-14(15)16/h2-9H,10H2,1H3/b15-9+. The zero-order chi connectivity index (χ0) is 13.2. The summed E-state index contributed by atoms with van der Waals surface area (Å²) in [6.07, 6.45) is 0. The van der Waals surface area contributed by atoms with E-state index in [2.05, 4.69) is 6.07 Å². The molecule has 93 valence electrons. The second kappa shape index (κ2) is 4.92. The Kier molecular flexibility index (Phi) is 3.12. The maximum atomic E-state index is 13.4. The molecule has 1 nitrogen and oxygen atoms in total. The van der Waals surface area contributed by atoms with E-state index in [4.69, 9.17) is 4.74 Å². The predicted molar refractivity (Wildman–Crippen MR) is 75.9 cm³/mol. The molecule has 2 aromatic rings. The van der Waals surface area contributed by atoms with Gasteiger partial charge in [-0.15, -0.1) is 5.98 Å². The molecule has 0 spiro atoms. The smallest absolute Gasteiger partial charge is 0.138 e. The molecule has 3 heteroatoms. The summed E-state index contributed by atoms with van der Waals surface area (Å²) in [6, 6.07) is 12.8. The quantitative estimate of drug-likeness (QED) is 0.699. The molecule has 1 aliphatic heterocycles. The van der Waals surface area contributed by atoms with E-state index in [1.807, 2.05) is 38.3 Å². The van der Waals surface area contributed by atoms with Crippen molar-refractivity contribution in [2.24, 2.45) is 0 Å². The van der Waals surface area contributed by atoms with Crippen LogP contribution in [0.25, 0.3) is 5.57 Å². The molecule has 0 unspecified atom stereocenters. The first kappa shape index (κ1) is 12.0. The molecule has 0 saturated heterocycles. The monoisotopic (exact) mass is 251 g/mol. The lowest BCUT2D eigenvalue weighted by atomic mass is 9.77. The van der Waals surface area contributed by atoms with Gasteiger partial charge in [0.1, 0.15) is 25.5 Å². The third-order valence-corrected chi connectivity index (χ3v) is 3.26. The first-order chi connectivity index (χ1) is 9.29. The van der Waals surface area contributed by atoms with Crippen LogP contribution in [0.2, 0.25) is 6.82 Å². The Balaban J connectivity index is 2.24. The normalized spacial score (nSPS) is 15.2. The summed E-state index contributed by atoms with van der Waals surface area (Å²) in [5.41, 5.74) is 4.27. The van der Waals surface area contributed by atoms with Crippen LogP contribution >= 0.6 is 0 Å². The van der Waals surface area contributed by atoms with E-state index in [1.165, 1.54) is 12.1 Å². The van der Waals surface area contributed by atoms with Gasteiger partial charge in [-0.2, -0.15) is 0 Å². The molecule has 1 radical (unpaired) electrons. The van der Waals surface area contributed by atoms with Gasteiger partial charge in [0.25, 0.3) is 0 Å². The van der Waals surface area contributed by atoms with Crippen LogP contribution in [0.3, 0.4) is 0 Å². The van der Waals surface area contributed by atoms with E-state index in [-0.39, 0.29) is 5.82 Å². The maximum Gasteiger partial charge on any atom is 0.138 e. The lowest BCUT2D eigenvalue weighted by Crippen LogP contribution is -1.95. The molecule has 0 amide bonds. The Bertz CT molecular complexity index is 649. The Morgan fingerprint density at radius 1 is 1.16 bits per heavy atom. The zero-order valence-electron chi connectivity index (χ0n) is 10.7. The fourth-order valence-electron chi connectivity index (χ4n) is 2.39. The number of rotatable bonds is 1. The fraction of sp³-hybridized carbons (Fsp3) is 0.125. The van der Waals surface area contributed by atoms with Crippen LogP contribution in [0.4, 0.5) is 4.39 Å². The highest BCUT2D eigenvalue weighted by Crippen LogP contribution is 2.36. The van der Waals surface area contributed by atoms with Crippen molar-refractivity contribution >= 4 is 12.9 Å². The average Bonchev–Trinajstić information content (AvgIpc) is 2.57. The molecule has 0 atom stereocenters. The van der Waals surface area contributed by atoms with Gasteiger partial charge in [0.2, 0.25) is 0 Å². The minimum Gasteiger partial charge on any atom is -0.488 e. The van der Waals surface area contributed by atoms with Crippen LogP contribution in [0.1, 0.15) is 16.7 Å². The van der Waals surface area contributed by atoms with Crippen LogP contribution < -0.4 is 4.74 Å². The van der Waals surface area contributed by atoms with E-state index in [1.54, 1.807) is 6.07 Å². The van der Waals surface area contributed by atoms with Gasteiger partial charge < -0.3 is 4.74 Å². The highest BCUT2D eigenvalue weighted by Gasteiger charge is 2.18. The van der Waals surface area contributed by atoms with Crippen LogP contribution in [-0.4, -0.2) is 7.28 Å². The van der Waals surface area contributed by atoms with Crippen LogP contribution in [0.5, 0.6) is 5.75 Å². The Hall–Kier alpha value is -2.03. The van der Waals surface area contributed by atoms with Gasteiger partial charge in [-0.3, -0.25) is 0 Å². The molecule has 2 aromatic carbocycles. The molecule has 0 aliphatic carbocycles. The van der Waals surface area contributed by atoms with Crippen molar-refractivity contribution < 1.29 is 9.13 Å². The summed E-state index contributed by atoms with van der Waals surface area (Å²) in [5.74, 6) is 2.37. The fourth-order valence-corrected chi connectivity index (χ4v) is 2.39. The molecule has 0 fully saturated rings. The molecular weight excluding hydrogens is 238 g/mol. The summed E-state index contributed by atoms with van der Waals surface area (Å²) >= 11 is 0. The topological polar surface area (TPSA) is 9.23 Å². The zero-order valence-corrected chi connectivity index (χ0v) is 10.7. The number of hydrogen-bond donors (Lipinski definition) is 0. The highest BCUT2D eigenvalue weighted by atomic mass is 19.1. The van der Waals surface area contributed by atoms with Gasteiger partial charge in [0.15, 0.2) is 0 Å².